The molecule has 0 amide bonds. The van der Waals surface area contributed by atoms with Crippen molar-refractivity contribution in [3.8, 4) is 5.75 Å². The van der Waals surface area contributed by atoms with Crippen LogP contribution in [0.4, 0.5) is 0 Å². The molecule has 1 N–H and O–H groups in total. The lowest BCUT2D eigenvalue weighted by molar-refractivity contribution is 0.417. The van der Waals surface area contributed by atoms with Gasteiger partial charge in [0.25, 0.3) is 0 Å². The van der Waals surface area contributed by atoms with Crippen LogP contribution in [0, 0.1) is 0 Å². The number of nitrogens with zero attached hydrogens (tertiary/aromatic N) is 1. The monoisotopic (exact) mass is 264 g/mol. The highest BCUT2D eigenvalue weighted by atomic mass is 35.5. The van der Waals surface area contributed by atoms with Crippen molar-refractivity contribution in [3.63, 3.8) is 0 Å². The summed E-state index contributed by atoms with van der Waals surface area (Å²) in [6.45, 7) is 0.884. The molecule has 0 saturated heterocycles. The van der Waals surface area contributed by atoms with Gasteiger partial charge in [-0.15, -0.1) is 0 Å². The van der Waals surface area contributed by atoms with E-state index in [0.717, 1.165) is 28.2 Å². The molecule has 1 fully saturated rings. The van der Waals surface area contributed by atoms with Crippen molar-refractivity contribution in [2.45, 2.75) is 25.4 Å². The lowest BCUT2D eigenvalue weighted by Crippen LogP contribution is -2.17. The highest BCUT2D eigenvalue weighted by Gasteiger charge is 2.21. The Morgan fingerprint density at radius 2 is 2.22 bits per heavy atom. The van der Waals surface area contributed by atoms with E-state index in [0.29, 0.717) is 6.04 Å². The van der Waals surface area contributed by atoms with Crippen molar-refractivity contribution in [1.82, 2.24) is 9.88 Å². The first-order valence-electron chi connectivity index (χ1n) is 6.25. The van der Waals surface area contributed by atoms with Crippen LogP contribution in [0.1, 0.15) is 18.5 Å². The molecule has 3 nitrogen and oxygen atoms in total. The second kappa shape index (κ2) is 4.48. The normalized spacial score (nSPS) is 15.3. The van der Waals surface area contributed by atoms with Crippen molar-refractivity contribution in [2.75, 3.05) is 7.11 Å². The van der Waals surface area contributed by atoms with Crippen LogP contribution >= 0.6 is 11.6 Å². The maximum Gasteiger partial charge on any atom is 0.143 e. The zero-order valence-corrected chi connectivity index (χ0v) is 11.4. The molecule has 1 aliphatic carbocycles. The third-order valence-electron chi connectivity index (χ3n) is 3.57. The van der Waals surface area contributed by atoms with E-state index in [1.807, 2.05) is 12.1 Å². The molecule has 0 radical (unpaired) electrons. The van der Waals surface area contributed by atoms with Gasteiger partial charge in [-0.25, -0.2) is 0 Å². The minimum atomic E-state index is 0.709. The van der Waals surface area contributed by atoms with E-state index in [9.17, 15) is 0 Å². The van der Waals surface area contributed by atoms with E-state index in [2.05, 4.69) is 23.0 Å². The topological polar surface area (TPSA) is 26.2 Å². The van der Waals surface area contributed by atoms with Gasteiger partial charge in [-0.3, -0.25) is 0 Å². The Morgan fingerprint density at radius 1 is 1.44 bits per heavy atom. The van der Waals surface area contributed by atoms with Gasteiger partial charge in [0.2, 0.25) is 0 Å². The van der Waals surface area contributed by atoms with Gasteiger partial charge >= 0.3 is 0 Å². The van der Waals surface area contributed by atoms with E-state index in [1.165, 1.54) is 18.5 Å². The van der Waals surface area contributed by atoms with Crippen molar-refractivity contribution in [3.05, 3.63) is 28.9 Å². The number of methoxy groups -OCH3 is 1. The zero-order chi connectivity index (χ0) is 12.7. The molecule has 0 spiro atoms. The van der Waals surface area contributed by atoms with Gasteiger partial charge in [-0.05, 0) is 31.0 Å². The molecule has 0 aliphatic heterocycles. The van der Waals surface area contributed by atoms with Gasteiger partial charge in [-0.2, -0.15) is 0 Å². The Hall–Kier alpha value is -1.19. The predicted molar refractivity (Wildman–Crippen MR) is 74.3 cm³/mol. The van der Waals surface area contributed by atoms with E-state index < -0.39 is 0 Å². The summed E-state index contributed by atoms with van der Waals surface area (Å²) < 4.78 is 7.58. The highest BCUT2D eigenvalue weighted by Crippen LogP contribution is 2.33. The molecule has 0 unspecified atom stereocenters. The molecular weight excluding hydrogens is 248 g/mol. The predicted octanol–water partition coefficient (Wildman–Crippen LogP) is 3.09. The number of hydrogen-bond donors (Lipinski definition) is 1. The maximum absolute atomic E-state index is 6.26. The molecule has 0 atom stereocenters. The van der Waals surface area contributed by atoms with Crippen LogP contribution in [0.5, 0.6) is 5.75 Å². The first-order chi connectivity index (χ1) is 8.70. The zero-order valence-electron chi connectivity index (χ0n) is 10.7. The molecule has 4 heteroatoms. The van der Waals surface area contributed by atoms with Gasteiger partial charge in [-0.1, -0.05) is 11.6 Å². The molecule has 1 aliphatic rings. The summed E-state index contributed by atoms with van der Waals surface area (Å²) >= 11 is 6.26. The van der Waals surface area contributed by atoms with Gasteiger partial charge in [0.15, 0.2) is 0 Å². The van der Waals surface area contributed by atoms with Crippen LogP contribution in [-0.4, -0.2) is 17.7 Å². The minimum absolute atomic E-state index is 0.709. The summed E-state index contributed by atoms with van der Waals surface area (Å²) in [5, 5.41) is 5.37. The SMILES string of the molecule is COc1ccc(Cl)c2cc(CNC3CC3)n(C)c12. The third-order valence-corrected chi connectivity index (χ3v) is 3.90. The lowest BCUT2D eigenvalue weighted by Gasteiger charge is -2.08. The van der Waals surface area contributed by atoms with Crippen molar-refractivity contribution < 1.29 is 4.74 Å². The number of rotatable bonds is 4. The second-order valence-electron chi connectivity index (χ2n) is 4.86. The summed E-state index contributed by atoms with van der Waals surface area (Å²) in [6, 6.07) is 6.67. The van der Waals surface area contributed by atoms with Crippen LogP contribution in [0.2, 0.25) is 5.02 Å². The van der Waals surface area contributed by atoms with Gasteiger partial charge in [0.05, 0.1) is 17.6 Å². The Kier molecular flexibility index (Phi) is 2.96. The van der Waals surface area contributed by atoms with Crippen LogP contribution < -0.4 is 10.1 Å². The number of ether oxygens (including phenoxy) is 1. The molecular formula is C14H17ClN2O. The van der Waals surface area contributed by atoms with Crippen LogP contribution in [-0.2, 0) is 13.6 Å². The number of fused-ring (bicyclic) bond motifs is 1. The van der Waals surface area contributed by atoms with Crippen LogP contribution in [0.3, 0.4) is 0 Å². The van der Waals surface area contributed by atoms with E-state index in [4.69, 9.17) is 16.3 Å². The van der Waals surface area contributed by atoms with Crippen LogP contribution in [0.15, 0.2) is 18.2 Å². The van der Waals surface area contributed by atoms with Crippen molar-refractivity contribution in [1.29, 1.82) is 0 Å². The number of nitrogens with one attached hydrogen (secondary N) is 1. The lowest BCUT2D eigenvalue weighted by atomic mass is 10.2. The van der Waals surface area contributed by atoms with Crippen molar-refractivity contribution >= 4 is 22.5 Å². The molecule has 0 bridgehead atoms. The van der Waals surface area contributed by atoms with Gasteiger partial charge in [0.1, 0.15) is 5.75 Å². The van der Waals surface area contributed by atoms with E-state index >= 15 is 0 Å². The molecule has 18 heavy (non-hydrogen) atoms. The van der Waals surface area contributed by atoms with Gasteiger partial charge in [0, 0.05) is 30.7 Å². The largest absolute Gasteiger partial charge is 0.495 e. The minimum Gasteiger partial charge on any atom is -0.495 e. The van der Waals surface area contributed by atoms with Gasteiger partial charge < -0.3 is 14.6 Å². The first-order valence-corrected chi connectivity index (χ1v) is 6.62. The molecule has 2 aromatic rings. The van der Waals surface area contributed by atoms with Crippen molar-refractivity contribution in [2.24, 2.45) is 7.05 Å². The smallest absolute Gasteiger partial charge is 0.143 e. The van der Waals surface area contributed by atoms with E-state index in [-0.39, 0.29) is 0 Å². The highest BCUT2D eigenvalue weighted by molar-refractivity contribution is 6.35. The summed E-state index contributed by atoms with van der Waals surface area (Å²) in [5.41, 5.74) is 2.31. The Balaban J connectivity index is 2.04. The van der Waals surface area contributed by atoms with Crippen LogP contribution in [0.25, 0.3) is 10.9 Å². The Morgan fingerprint density at radius 3 is 2.89 bits per heavy atom. The molecule has 1 aromatic heterocycles. The first kappa shape index (κ1) is 11.9. The second-order valence-corrected chi connectivity index (χ2v) is 5.27. The summed E-state index contributed by atoms with van der Waals surface area (Å²) in [4.78, 5) is 0. The molecule has 3 rings (SSSR count). The number of halogens is 1. The summed E-state index contributed by atoms with van der Waals surface area (Å²) in [6.07, 6.45) is 2.60. The fourth-order valence-corrected chi connectivity index (χ4v) is 2.53. The number of aromatic nitrogens is 1. The average molecular weight is 265 g/mol. The fourth-order valence-electron chi connectivity index (χ4n) is 2.32. The fraction of sp³-hybridized carbons (Fsp3) is 0.429. The number of aryl methyl sites for hydroxylation is 1. The van der Waals surface area contributed by atoms with E-state index in [1.54, 1.807) is 7.11 Å². The molecule has 1 heterocycles. The molecule has 96 valence electrons. The number of hydrogen-bond acceptors (Lipinski definition) is 2. The molecule has 1 saturated carbocycles. The standard InChI is InChI=1S/C14H17ClN2O/c1-17-10(8-16-9-3-4-9)7-11-12(15)5-6-13(18-2)14(11)17/h5-7,9,16H,3-4,8H2,1-2H3. The quantitative estimate of drug-likeness (QED) is 0.918. The summed E-state index contributed by atoms with van der Waals surface area (Å²) in [5.74, 6) is 0.870. The number of benzene rings is 1. The Labute approximate surface area is 112 Å². The Bertz CT molecular complexity index is 587. The maximum atomic E-state index is 6.26. The average Bonchev–Trinajstić information content (AvgIpc) is 3.14. The third kappa shape index (κ3) is 1.98. The molecule has 1 aromatic carbocycles. The summed E-state index contributed by atoms with van der Waals surface area (Å²) in [7, 11) is 3.75.